The summed E-state index contributed by atoms with van der Waals surface area (Å²) in [5.74, 6) is 0. The molecule has 1 heteroatoms. The third kappa shape index (κ3) is 3.01. The van der Waals surface area contributed by atoms with E-state index in [4.69, 9.17) is 4.42 Å². The molecule has 1 nitrogen and oxygen atoms in total. The normalized spacial score (nSPS) is 12.2. The number of hydrogen-bond donors (Lipinski definition) is 0. The maximum Gasteiger partial charge on any atom is 0.143 e. The second-order valence-electron chi connectivity index (χ2n) is 11.6. The van der Waals surface area contributed by atoms with Crippen molar-refractivity contribution in [3.8, 4) is 44.5 Å². The van der Waals surface area contributed by atoms with Gasteiger partial charge in [0.2, 0.25) is 0 Å². The molecule has 0 amide bonds. The fourth-order valence-corrected chi connectivity index (χ4v) is 7.67. The zero-order valence-corrected chi connectivity index (χ0v) is 23.3. The van der Waals surface area contributed by atoms with Gasteiger partial charge in [-0.25, -0.2) is 0 Å². The number of rotatable bonds is 2. The van der Waals surface area contributed by atoms with Crippen LogP contribution in [0.4, 0.5) is 0 Å². The molecule has 0 fully saturated rings. The summed E-state index contributed by atoms with van der Waals surface area (Å²) >= 11 is 0. The predicted molar refractivity (Wildman–Crippen MR) is 182 cm³/mol. The lowest BCUT2D eigenvalue weighted by Gasteiger charge is -2.20. The number of fused-ring (bicyclic) bond motifs is 10. The average Bonchev–Trinajstić information content (AvgIpc) is 3.62. The first-order valence-electron chi connectivity index (χ1n) is 14.9. The lowest BCUT2D eigenvalue weighted by atomic mass is 9.82. The summed E-state index contributed by atoms with van der Waals surface area (Å²) < 4.78 is 6.80. The van der Waals surface area contributed by atoms with Crippen LogP contribution in [-0.2, 0) is 0 Å². The Kier molecular flexibility index (Phi) is 4.51. The molecular formula is C42H24O. The van der Waals surface area contributed by atoms with E-state index in [0.717, 1.165) is 16.6 Å². The van der Waals surface area contributed by atoms with Gasteiger partial charge in [-0.05, 0) is 83.6 Å². The van der Waals surface area contributed by atoms with Gasteiger partial charge in [0.05, 0.1) is 0 Å². The van der Waals surface area contributed by atoms with Crippen molar-refractivity contribution in [3.63, 3.8) is 0 Å². The molecule has 1 aliphatic rings. The first kappa shape index (κ1) is 23.0. The molecule has 0 atom stereocenters. The van der Waals surface area contributed by atoms with Crippen molar-refractivity contribution >= 4 is 54.3 Å². The van der Waals surface area contributed by atoms with Crippen LogP contribution >= 0.6 is 0 Å². The molecule has 1 aliphatic carbocycles. The molecule has 1 heterocycles. The standard InChI is InChI=1S/C42H24O/c1-3-13-26(14-4-1)36-29-18-9-10-19-30(29)37(27-15-5-2-6-16-27)41-34-24-35-39(31-20-11-21-32(38(31)34)40(36)41)33-23-22-25-12-7-8-17-28(25)42(33)43-35/h1-24H. The first-order valence-corrected chi connectivity index (χ1v) is 14.9. The lowest BCUT2D eigenvalue weighted by Crippen LogP contribution is -1.93. The monoisotopic (exact) mass is 544 g/mol. The highest BCUT2D eigenvalue weighted by molar-refractivity contribution is 6.33. The molecule has 0 saturated heterocycles. The summed E-state index contributed by atoms with van der Waals surface area (Å²) in [6.07, 6.45) is 0. The number of hydrogen-bond acceptors (Lipinski definition) is 1. The number of benzene rings is 8. The van der Waals surface area contributed by atoms with Crippen LogP contribution < -0.4 is 0 Å². The third-order valence-corrected chi connectivity index (χ3v) is 9.37. The van der Waals surface area contributed by atoms with Gasteiger partial charge in [0.25, 0.3) is 0 Å². The fraction of sp³-hybridized carbons (Fsp3) is 0. The molecule has 0 unspecified atom stereocenters. The van der Waals surface area contributed by atoms with Gasteiger partial charge in [-0.3, -0.25) is 0 Å². The molecule has 1 aromatic heterocycles. The van der Waals surface area contributed by atoms with Crippen molar-refractivity contribution in [2.75, 3.05) is 0 Å². The Balaban J connectivity index is 1.44. The molecule has 43 heavy (non-hydrogen) atoms. The summed E-state index contributed by atoms with van der Waals surface area (Å²) in [4.78, 5) is 0. The van der Waals surface area contributed by atoms with E-state index in [-0.39, 0.29) is 0 Å². The highest BCUT2D eigenvalue weighted by Gasteiger charge is 2.32. The van der Waals surface area contributed by atoms with Crippen LogP contribution in [0.5, 0.6) is 0 Å². The molecule has 0 aliphatic heterocycles. The van der Waals surface area contributed by atoms with Crippen LogP contribution in [0, 0.1) is 0 Å². The van der Waals surface area contributed by atoms with E-state index in [1.807, 2.05) is 0 Å². The van der Waals surface area contributed by atoms with E-state index in [2.05, 4.69) is 146 Å². The van der Waals surface area contributed by atoms with Crippen molar-refractivity contribution in [2.45, 2.75) is 0 Å². The van der Waals surface area contributed by atoms with E-state index in [0.29, 0.717) is 0 Å². The quantitative estimate of drug-likeness (QED) is 0.211. The molecule has 10 rings (SSSR count). The summed E-state index contributed by atoms with van der Waals surface area (Å²) in [6, 6.07) is 52.8. The molecule has 0 radical (unpaired) electrons. The van der Waals surface area contributed by atoms with Gasteiger partial charge in [-0.15, -0.1) is 0 Å². The summed E-state index contributed by atoms with van der Waals surface area (Å²) in [7, 11) is 0. The molecule has 0 bridgehead atoms. The fourth-order valence-electron chi connectivity index (χ4n) is 7.67. The minimum atomic E-state index is 0.937. The maximum atomic E-state index is 6.80. The Bertz CT molecular complexity index is 2590. The van der Waals surface area contributed by atoms with Gasteiger partial charge >= 0.3 is 0 Å². The Morgan fingerprint density at radius 1 is 0.349 bits per heavy atom. The van der Waals surface area contributed by atoms with Gasteiger partial charge in [0.15, 0.2) is 0 Å². The summed E-state index contributed by atoms with van der Waals surface area (Å²) in [5.41, 5.74) is 12.1. The van der Waals surface area contributed by atoms with E-state index in [1.165, 1.54) is 82.2 Å². The molecule has 8 aromatic carbocycles. The topological polar surface area (TPSA) is 13.1 Å². The van der Waals surface area contributed by atoms with Crippen LogP contribution in [0.1, 0.15) is 0 Å². The van der Waals surface area contributed by atoms with Crippen molar-refractivity contribution in [1.29, 1.82) is 0 Å². The van der Waals surface area contributed by atoms with Crippen LogP contribution in [0.15, 0.2) is 150 Å². The largest absolute Gasteiger partial charge is 0.455 e. The van der Waals surface area contributed by atoms with E-state index in [1.54, 1.807) is 0 Å². The molecule has 0 spiro atoms. The van der Waals surface area contributed by atoms with E-state index >= 15 is 0 Å². The maximum absolute atomic E-state index is 6.80. The summed E-state index contributed by atoms with van der Waals surface area (Å²) in [5, 5.41) is 9.82. The van der Waals surface area contributed by atoms with Crippen molar-refractivity contribution < 1.29 is 4.42 Å². The SMILES string of the molecule is c1ccc(-c2c3c(c(-c4ccccc4)c4ccccc24)-c2cc4oc5c6ccccc6ccc5c4c4cccc-3c24)cc1. The van der Waals surface area contributed by atoms with Crippen molar-refractivity contribution in [3.05, 3.63) is 146 Å². The molecule has 198 valence electrons. The van der Waals surface area contributed by atoms with E-state index < -0.39 is 0 Å². The Morgan fingerprint density at radius 2 is 0.930 bits per heavy atom. The van der Waals surface area contributed by atoms with Crippen LogP contribution in [-0.4, -0.2) is 0 Å². The summed E-state index contributed by atoms with van der Waals surface area (Å²) in [6.45, 7) is 0. The molecular weight excluding hydrogens is 520 g/mol. The highest BCUT2D eigenvalue weighted by Crippen LogP contribution is 2.59. The van der Waals surface area contributed by atoms with Crippen LogP contribution in [0.25, 0.3) is 98.8 Å². The van der Waals surface area contributed by atoms with Crippen LogP contribution in [0.3, 0.4) is 0 Å². The highest BCUT2D eigenvalue weighted by atomic mass is 16.3. The first-order chi connectivity index (χ1) is 21.4. The third-order valence-electron chi connectivity index (χ3n) is 9.37. The number of furan rings is 1. The zero-order valence-electron chi connectivity index (χ0n) is 23.3. The zero-order chi connectivity index (χ0) is 28.1. The minimum Gasteiger partial charge on any atom is -0.455 e. The molecule has 0 saturated carbocycles. The van der Waals surface area contributed by atoms with Gasteiger partial charge in [0.1, 0.15) is 11.2 Å². The van der Waals surface area contributed by atoms with E-state index in [9.17, 15) is 0 Å². The van der Waals surface area contributed by atoms with Crippen molar-refractivity contribution in [2.24, 2.45) is 0 Å². The minimum absolute atomic E-state index is 0.937. The second-order valence-corrected chi connectivity index (χ2v) is 11.6. The van der Waals surface area contributed by atoms with Gasteiger partial charge in [-0.2, -0.15) is 0 Å². The van der Waals surface area contributed by atoms with Gasteiger partial charge in [0, 0.05) is 16.2 Å². The Labute approximate surface area is 248 Å². The van der Waals surface area contributed by atoms with Crippen molar-refractivity contribution in [1.82, 2.24) is 0 Å². The second kappa shape index (κ2) is 8.44. The Morgan fingerprint density at radius 3 is 1.63 bits per heavy atom. The lowest BCUT2D eigenvalue weighted by molar-refractivity contribution is 0.673. The predicted octanol–water partition coefficient (Wildman–Crippen LogP) is 12.0. The smallest absolute Gasteiger partial charge is 0.143 e. The molecule has 0 N–H and O–H groups in total. The molecule has 9 aromatic rings. The van der Waals surface area contributed by atoms with Gasteiger partial charge in [-0.1, -0.05) is 133 Å². The van der Waals surface area contributed by atoms with Crippen LogP contribution in [0.2, 0.25) is 0 Å². The van der Waals surface area contributed by atoms with Gasteiger partial charge < -0.3 is 4.42 Å². The Hall–Kier alpha value is -5.66. The average molecular weight is 545 g/mol.